The number of rotatable bonds is 4. The third-order valence-corrected chi connectivity index (χ3v) is 5.97. The lowest BCUT2D eigenvalue weighted by molar-refractivity contribution is -0.274. The maximum atomic E-state index is 12.9. The molecule has 1 aliphatic heterocycles. The maximum absolute atomic E-state index is 12.9. The van der Waals surface area contributed by atoms with E-state index in [9.17, 15) is 18.0 Å². The molecule has 0 unspecified atom stereocenters. The second kappa shape index (κ2) is 8.71. The Morgan fingerprint density at radius 3 is 2.68 bits per heavy atom. The lowest BCUT2D eigenvalue weighted by atomic mass is 10.1. The van der Waals surface area contributed by atoms with Gasteiger partial charge in [-0.15, -0.1) is 24.9 Å². The fraction of sp³-hybridized carbons (Fsp3) is 0.211. The summed E-state index contributed by atoms with van der Waals surface area (Å²) in [6.07, 6.45) is -3.38. The van der Waals surface area contributed by atoms with E-state index in [0.717, 1.165) is 5.75 Å². The Morgan fingerprint density at radius 1 is 1.23 bits per heavy atom. The molecule has 1 aromatic carbocycles. The van der Waals surface area contributed by atoms with Crippen molar-refractivity contribution in [3.63, 3.8) is 0 Å². The molecular weight excluding hydrogens is 521 g/mol. The van der Waals surface area contributed by atoms with Crippen LogP contribution in [-0.4, -0.2) is 50.1 Å². The SMILES string of the molecule is O=C(c1cc(-c2cc(Br)cc(OC(F)(F)F)c2)n(-c2ccc(Cl)nc2)n1)N1CCSC1. The van der Waals surface area contributed by atoms with Gasteiger partial charge in [-0.1, -0.05) is 27.5 Å². The lowest BCUT2D eigenvalue weighted by Gasteiger charge is -2.12. The van der Waals surface area contributed by atoms with Gasteiger partial charge in [0.15, 0.2) is 5.69 Å². The van der Waals surface area contributed by atoms with E-state index in [4.69, 9.17) is 11.6 Å². The number of thioether (sulfide) groups is 1. The van der Waals surface area contributed by atoms with Crippen LogP contribution in [0.5, 0.6) is 5.75 Å². The molecule has 3 aromatic rings. The number of hydrogen-bond acceptors (Lipinski definition) is 5. The fourth-order valence-electron chi connectivity index (χ4n) is 3.02. The Kier molecular flexibility index (Phi) is 6.18. The van der Waals surface area contributed by atoms with Crippen molar-refractivity contribution in [1.29, 1.82) is 0 Å². The molecule has 0 N–H and O–H groups in total. The quantitative estimate of drug-likeness (QED) is 0.421. The number of nitrogens with zero attached hydrogens (tertiary/aromatic N) is 4. The number of benzene rings is 1. The van der Waals surface area contributed by atoms with Crippen LogP contribution in [0.2, 0.25) is 5.15 Å². The highest BCUT2D eigenvalue weighted by molar-refractivity contribution is 9.10. The highest BCUT2D eigenvalue weighted by Crippen LogP contribution is 2.33. The Labute approximate surface area is 192 Å². The van der Waals surface area contributed by atoms with Gasteiger partial charge in [-0.3, -0.25) is 4.79 Å². The number of ether oxygens (including phenoxy) is 1. The molecule has 3 heterocycles. The molecular formula is C19H13BrClF3N4O2S. The van der Waals surface area contributed by atoms with Crippen molar-refractivity contribution < 1.29 is 22.7 Å². The highest BCUT2D eigenvalue weighted by Gasteiger charge is 2.31. The van der Waals surface area contributed by atoms with E-state index < -0.39 is 12.1 Å². The number of aromatic nitrogens is 3. The van der Waals surface area contributed by atoms with E-state index in [-0.39, 0.29) is 16.8 Å². The van der Waals surface area contributed by atoms with Gasteiger partial charge in [0, 0.05) is 22.3 Å². The second-order valence-corrected chi connectivity index (χ2v) is 8.87. The van der Waals surface area contributed by atoms with Gasteiger partial charge in [-0.25, -0.2) is 9.67 Å². The van der Waals surface area contributed by atoms with E-state index in [1.807, 2.05) is 0 Å². The summed E-state index contributed by atoms with van der Waals surface area (Å²) in [6, 6.07) is 8.79. The van der Waals surface area contributed by atoms with Crippen LogP contribution >= 0.6 is 39.3 Å². The predicted molar refractivity (Wildman–Crippen MR) is 115 cm³/mol. The third kappa shape index (κ3) is 5.16. The van der Waals surface area contributed by atoms with Gasteiger partial charge in [-0.2, -0.15) is 5.10 Å². The molecule has 4 rings (SSSR count). The normalized spacial score (nSPS) is 14.2. The van der Waals surface area contributed by atoms with Gasteiger partial charge < -0.3 is 9.64 Å². The summed E-state index contributed by atoms with van der Waals surface area (Å²) in [7, 11) is 0. The van der Waals surface area contributed by atoms with Gasteiger partial charge in [0.05, 0.1) is 23.5 Å². The summed E-state index contributed by atoms with van der Waals surface area (Å²) in [4.78, 5) is 18.6. The molecule has 0 saturated carbocycles. The third-order valence-electron chi connectivity index (χ3n) is 4.33. The van der Waals surface area contributed by atoms with Crippen molar-refractivity contribution in [3.05, 3.63) is 57.9 Å². The smallest absolute Gasteiger partial charge is 0.406 e. The standard InChI is InChI=1S/C19H13BrClF3N4O2S/c20-12-5-11(6-14(7-12)30-19(22,23)24)16-8-15(18(29)27-3-4-31-10-27)26-28(16)13-1-2-17(21)25-9-13/h1-2,5-9H,3-4,10H2. The molecule has 2 aromatic heterocycles. The first kappa shape index (κ1) is 22.0. The van der Waals surface area contributed by atoms with Crippen molar-refractivity contribution >= 4 is 45.2 Å². The molecule has 0 radical (unpaired) electrons. The minimum absolute atomic E-state index is 0.172. The van der Waals surface area contributed by atoms with Gasteiger partial charge in [0.1, 0.15) is 10.9 Å². The summed E-state index contributed by atoms with van der Waals surface area (Å²) in [5.74, 6) is 0.741. The van der Waals surface area contributed by atoms with E-state index in [1.165, 1.54) is 23.0 Å². The monoisotopic (exact) mass is 532 g/mol. The molecule has 0 spiro atoms. The predicted octanol–water partition coefficient (Wildman–Crippen LogP) is 5.40. The first-order valence-corrected chi connectivity index (χ1v) is 11.2. The van der Waals surface area contributed by atoms with Crippen LogP contribution < -0.4 is 4.74 Å². The van der Waals surface area contributed by atoms with Gasteiger partial charge in [0.2, 0.25) is 0 Å². The summed E-state index contributed by atoms with van der Waals surface area (Å²) in [5.41, 5.74) is 1.43. The van der Waals surface area contributed by atoms with Crippen molar-refractivity contribution in [2.24, 2.45) is 0 Å². The maximum Gasteiger partial charge on any atom is 0.573 e. The number of hydrogen-bond donors (Lipinski definition) is 0. The van der Waals surface area contributed by atoms with Crippen molar-refractivity contribution in [2.45, 2.75) is 6.36 Å². The fourth-order valence-corrected chi connectivity index (χ4v) is 4.55. The van der Waals surface area contributed by atoms with Crippen molar-refractivity contribution in [1.82, 2.24) is 19.7 Å². The number of carbonyl (C=O) groups is 1. The molecule has 162 valence electrons. The van der Waals surface area contributed by atoms with Crippen LogP contribution in [0.25, 0.3) is 16.9 Å². The van der Waals surface area contributed by atoms with Crippen LogP contribution in [0.4, 0.5) is 13.2 Å². The summed E-state index contributed by atoms with van der Waals surface area (Å²) in [6.45, 7) is 0.606. The van der Waals surface area contributed by atoms with Crippen LogP contribution in [0.1, 0.15) is 10.5 Å². The first-order valence-electron chi connectivity index (χ1n) is 8.85. The number of amides is 1. The molecule has 0 aliphatic carbocycles. The highest BCUT2D eigenvalue weighted by atomic mass is 79.9. The molecule has 31 heavy (non-hydrogen) atoms. The molecule has 1 fully saturated rings. The molecule has 0 bridgehead atoms. The van der Waals surface area contributed by atoms with Crippen LogP contribution in [0.3, 0.4) is 0 Å². The number of carbonyl (C=O) groups excluding carboxylic acids is 1. The average molecular weight is 534 g/mol. The summed E-state index contributed by atoms with van der Waals surface area (Å²) >= 11 is 10.7. The molecule has 12 heteroatoms. The second-order valence-electron chi connectivity index (χ2n) is 6.50. The number of pyridine rings is 1. The zero-order chi connectivity index (χ0) is 22.2. The van der Waals surface area contributed by atoms with Gasteiger partial charge in [-0.05, 0) is 36.4 Å². The molecule has 1 saturated heterocycles. The largest absolute Gasteiger partial charge is 0.573 e. The van der Waals surface area contributed by atoms with Crippen LogP contribution in [0.15, 0.2) is 47.1 Å². The molecule has 6 nitrogen and oxygen atoms in total. The Hall–Kier alpha value is -2.24. The Morgan fingerprint density at radius 2 is 2.03 bits per heavy atom. The number of halogens is 5. The lowest BCUT2D eigenvalue weighted by Crippen LogP contribution is -2.28. The minimum atomic E-state index is -4.84. The molecule has 0 atom stereocenters. The van der Waals surface area contributed by atoms with E-state index in [0.29, 0.717) is 33.8 Å². The minimum Gasteiger partial charge on any atom is -0.406 e. The van der Waals surface area contributed by atoms with Gasteiger partial charge in [0.25, 0.3) is 5.91 Å². The summed E-state index contributed by atoms with van der Waals surface area (Å²) in [5, 5.41) is 4.69. The van der Waals surface area contributed by atoms with Crippen molar-refractivity contribution in [2.75, 3.05) is 18.2 Å². The molecule has 1 aliphatic rings. The Bertz CT molecular complexity index is 1120. The first-order chi connectivity index (χ1) is 14.7. The topological polar surface area (TPSA) is 60.3 Å². The van der Waals surface area contributed by atoms with E-state index in [1.54, 1.807) is 40.9 Å². The zero-order valence-electron chi connectivity index (χ0n) is 15.6. The average Bonchev–Trinajstić information content (AvgIpc) is 3.37. The van der Waals surface area contributed by atoms with E-state index >= 15 is 0 Å². The summed E-state index contributed by atoms with van der Waals surface area (Å²) < 4.78 is 44.1. The zero-order valence-corrected chi connectivity index (χ0v) is 18.7. The van der Waals surface area contributed by atoms with Gasteiger partial charge >= 0.3 is 6.36 Å². The molecule has 1 amide bonds. The van der Waals surface area contributed by atoms with E-state index in [2.05, 4.69) is 30.7 Å². The Balaban J connectivity index is 1.82. The van der Waals surface area contributed by atoms with Crippen LogP contribution in [0, 0.1) is 0 Å². The van der Waals surface area contributed by atoms with Crippen molar-refractivity contribution in [3.8, 4) is 22.7 Å². The number of alkyl halides is 3. The van der Waals surface area contributed by atoms with Crippen LogP contribution in [-0.2, 0) is 0 Å².